The molecule has 27 heavy (non-hydrogen) atoms. The summed E-state index contributed by atoms with van der Waals surface area (Å²) in [7, 11) is -3.70. The van der Waals surface area contributed by atoms with Crippen molar-refractivity contribution in [2.24, 2.45) is 0 Å². The van der Waals surface area contributed by atoms with Crippen LogP contribution in [0, 0.1) is 10.1 Å². The molecule has 148 valence electrons. The highest BCUT2D eigenvalue weighted by molar-refractivity contribution is 7.91. The first kappa shape index (κ1) is 21.2. The topological polar surface area (TPSA) is 136 Å². The number of ether oxygens (including phenoxy) is 1. The smallest absolute Gasteiger partial charge is 0.271 e. The van der Waals surface area contributed by atoms with Gasteiger partial charge in [-0.3, -0.25) is 10.1 Å². The lowest BCUT2D eigenvalue weighted by atomic mass is 10.3. The van der Waals surface area contributed by atoms with E-state index in [0.29, 0.717) is 4.88 Å². The summed E-state index contributed by atoms with van der Waals surface area (Å²) >= 11 is 0.926. The number of hydrogen-bond donors (Lipinski definition) is 1. The van der Waals surface area contributed by atoms with Gasteiger partial charge in [-0.1, -0.05) is 0 Å². The molecule has 0 unspecified atom stereocenters. The molecule has 0 aliphatic rings. The molecule has 0 fully saturated rings. The summed E-state index contributed by atoms with van der Waals surface area (Å²) in [6, 6.07) is 6.11. The Kier molecular flexibility index (Phi) is 6.21. The molecular formula is C14H17N3O7S3. The Bertz CT molecular complexity index is 1060. The molecule has 0 bridgehead atoms. The molecule has 1 heterocycles. The molecule has 0 radical (unpaired) electrons. The van der Waals surface area contributed by atoms with Gasteiger partial charge in [0.2, 0.25) is 10.0 Å². The van der Waals surface area contributed by atoms with E-state index in [0.717, 1.165) is 27.8 Å². The van der Waals surface area contributed by atoms with Crippen molar-refractivity contribution in [3.63, 3.8) is 0 Å². The lowest BCUT2D eigenvalue weighted by molar-refractivity contribution is -0.385. The molecule has 2 rings (SSSR count). The minimum absolute atomic E-state index is 0.0462. The fraction of sp³-hybridized carbons (Fsp3) is 0.286. The second-order valence-electron chi connectivity index (χ2n) is 5.42. The molecule has 1 aromatic carbocycles. The molecule has 0 aliphatic heterocycles. The van der Waals surface area contributed by atoms with E-state index in [9.17, 15) is 26.9 Å². The van der Waals surface area contributed by atoms with E-state index in [1.165, 1.54) is 39.4 Å². The van der Waals surface area contributed by atoms with Gasteiger partial charge < -0.3 is 4.74 Å². The second kappa shape index (κ2) is 7.90. The molecule has 2 aromatic rings. The predicted octanol–water partition coefficient (Wildman–Crippen LogP) is 1.39. The predicted molar refractivity (Wildman–Crippen MR) is 98.9 cm³/mol. The van der Waals surface area contributed by atoms with E-state index >= 15 is 0 Å². The quantitative estimate of drug-likeness (QED) is 0.489. The van der Waals surface area contributed by atoms with Crippen molar-refractivity contribution < 1.29 is 26.5 Å². The molecule has 0 spiro atoms. The molecule has 13 heteroatoms. The standard InChI is InChI=1S/C14H17N3O7S3/c1-16(2)27(22,23)14-7-5-11(25-14)9-15-26(20,21)13-8-10(17(18)19)4-6-12(13)24-3/h4-8,15H,9H2,1-3H3. The largest absolute Gasteiger partial charge is 0.495 e. The molecule has 0 aliphatic carbocycles. The first-order chi connectivity index (χ1) is 12.5. The zero-order valence-electron chi connectivity index (χ0n) is 14.6. The summed E-state index contributed by atoms with van der Waals surface area (Å²) < 4.78 is 57.6. The van der Waals surface area contributed by atoms with Gasteiger partial charge in [0.25, 0.3) is 15.7 Å². The molecule has 10 nitrogen and oxygen atoms in total. The van der Waals surface area contributed by atoms with Crippen LogP contribution in [0.4, 0.5) is 5.69 Å². The summed E-state index contributed by atoms with van der Waals surface area (Å²) in [5, 5.41) is 10.9. The zero-order chi connectivity index (χ0) is 20.4. The second-order valence-corrected chi connectivity index (χ2v) is 10.7. The number of nitro groups is 1. The van der Waals surface area contributed by atoms with Gasteiger partial charge in [-0.05, 0) is 18.2 Å². The number of thiophene rings is 1. The Morgan fingerprint density at radius 2 is 1.85 bits per heavy atom. The van der Waals surface area contributed by atoms with Gasteiger partial charge in [-0.15, -0.1) is 11.3 Å². The lowest BCUT2D eigenvalue weighted by Gasteiger charge is -2.10. The molecule has 0 saturated heterocycles. The Labute approximate surface area is 160 Å². The maximum absolute atomic E-state index is 12.5. The minimum atomic E-state index is -4.13. The molecule has 1 N–H and O–H groups in total. The average Bonchev–Trinajstić information content (AvgIpc) is 3.09. The SMILES string of the molecule is COc1ccc([N+](=O)[O-])cc1S(=O)(=O)NCc1ccc(S(=O)(=O)N(C)C)s1. The van der Waals surface area contributed by atoms with Crippen LogP contribution in [0.3, 0.4) is 0 Å². The van der Waals surface area contributed by atoms with Gasteiger partial charge in [0.15, 0.2) is 0 Å². The van der Waals surface area contributed by atoms with Gasteiger partial charge in [0.1, 0.15) is 14.9 Å². The van der Waals surface area contributed by atoms with Crippen LogP contribution in [0.15, 0.2) is 39.4 Å². The van der Waals surface area contributed by atoms with Crippen molar-refractivity contribution >= 4 is 37.1 Å². The highest BCUT2D eigenvalue weighted by Gasteiger charge is 2.24. The Hall–Kier alpha value is -2.06. The summed E-state index contributed by atoms with van der Waals surface area (Å²) in [6.07, 6.45) is 0. The van der Waals surface area contributed by atoms with Crippen LogP contribution in [0.5, 0.6) is 5.75 Å². The number of nitrogens with one attached hydrogen (secondary N) is 1. The Balaban J connectivity index is 2.27. The lowest BCUT2D eigenvalue weighted by Crippen LogP contribution is -2.23. The van der Waals surface area contributed by atoms with E-state index in [-0.39, 0.29) is 21.4 Å². The number of nitrogens with zero attached hydrogens (tertiary/aromatic N) is 2. The number of rotatable bonds is 8. The van der Waals surface area contributed by atoms with Crippen molar-refractivity contribution in [2.75, 3.05) is 21.2 Å². The minimum Gasteiger partial charge on any atom is -0.495 e. The normalized spacial score (nSPS) is 12.3. The number of hydrogen-bond acceptors (Lipinski definition) is 8. The van der Waals surface area contributed by atoms with Crippen molar-refractivity contribution in [1.29, 1.82) is 0 Å². The third-order valence-electron chi connectivity index (χ3n) is 3.46. The molecular weight excluding hydrogens is 418 g/mol. The number of methoxy groups -OCH3 is 1. The van der Waals surface area contributed by atoms with Gasteiger partial charge in [0.05, 0.1) is 12.0 Å². The van der Waals surface area contributed by atoms with Gasteiger partial charge in [-0.2, -0.15) is 0 Å². The maximum atomic E-state index is 12.5. The van der Waals surface area contributed by atoms with Crippen LogP contribution in [0.2, 0.25) is 0 Å². The highest BCUT2D eigenvalue weighted by Crippen LogP contribution is 2.29. The third-order valence-corrected chi connectivity index (χ3v) is 8.25. The Morgan fingerprint density at radius 1 is 1.19 bits per heavy atom. The average molecular weight is 436 g/mol. The summed E-state index contributed by atoms with van der Waals surface area (Å²) in [4.78, 5) is 10.3. The van der Waals surface area contributed by atoms with Crippen molar-refractivity contribution in [3.05, 3.63) is 45.3 Å². The molecule has 0 amide bonds. The zero-order valence-corrected chi connectivity index (χ0v) is 17.0. The molecule has 1 aromatic heterocycles. The first-order valence-electron chi connectivity index (χ1n) is 7.32. The van der Waals surface area contributed by atoms with E-state index < -0.39 is 30.7 Å². The van der Waals surface area contributed by atoms with E-state index in [1.54, 1.807) is 0 Å². The molecule has 0 atom stereocenters. The third kappa shape index (κ3) is 4.62. The van der Waals surface area contributed by atoms with E-state index in [2.05, 4.69) is 4.72 Å². The fourth-order valence-corrected chi connectivity index (χ4v) is 5.75. The number of nitro benzene ring substituents is 1. The van der Waals surface area contributed by atoms with E-state index in [1.807, 2.05) is 0 Å². The van der Waals surface area contributed by atoms with Crippen LogP contribution < -0.4 is 9.46 Å². The first-order valence-corrected chi connectivity index (χ1v) is 11.1. The number of non-ortho nitro benzene ring substituents is 1. The van der Waals surface area contributed by atoms with Crippen LogP contribution in [-0.4, -0.2) is 47.3 Å². The van der Waals surface area contributed by atoms with Crippen molar-refractivity contribution in [1.82, 2.24) is 9.03 Å². The van der Waals surface area contributed by atoms with Crippen LogP contribution in [0.1, 0.15) is 4.88 Å². The maximum Gasteiger partial charge on any atom is 0.271 e. The number of benzene rings is 1. The fourth-order valence-electron chi connectivity index (χ4n) is 2.00. The van der Waals surface area contributed by atoms with Gasteiger partial charge in [0, 0.05) is 37.6 Å². The van der Waals surface area contributed by atoms with E-state index in [4.69, 9.17) is 4.74 Å². The van der Waals surface area contributed by atoms with Crippen LogP contribution in [0.25, 0.3) is 0 Å². The van der Waals surface area contributed by atoms with Crippen molar-refractivity contribution in [2.45, 2.75) is 15.6 Å². The van der Waals surface area contributed by atoms with Gasteiger partial charge in [-0.25, -0.2) is 25.9 Å². The van der Waals surface area contributed by atoms with Crippen molar-refractivity contribution in [3.8, 4) is 5.75 Å². The van der Waals surface area contributed by atoms with Crippen LogP contribution >= 0.6 is 11.3 Å². The summed E-state index contributed by atoms with van der Waals surface area (Å²) in [5.74, 6) is -0.0462. The molecule has 0 saturated carbocycles. The Morgan fingerprint density at radius 3 is 2.41 bits per heavy atom. The summed E-state index contributed by atoms with van der Waals surface area (Å²) in [6.45, 7) is -0.179. The summed E-state index contributed by atoms with van der Waals surface area (Å²) in [5.41, 5.74) is -0.397. The highest BCUT2D eigenvalue weighted by atomic mass is 32.2. The monoisotopic (exact) mass is 435 g/mol. The van der Waals surface area contributed by atoms with Crippen LogP contribution in [-0.2, 0) is 26.6 Å². The van der Waals surface area contributed by atoms with Gasteiger partial charge >= 0.3 is 0 Å². The number of sulfonamides is 2.